The van der Waals surface area contributed by atoms with Crippen molar-refractivity contribution < 1.29 is 13.5 Å². The van der Waals surface area contributed by atoms with Gasteiger partial charge in [-0.3, -0.25) is 0 Å². The van der Waals surface area contributed by atoms with Crippen LogP contribution in [-0.2, 0) is 10.0 Å². The summed E-state index contributed by atoms with van der Waals surface area (Å²) in [5.74, 6) is 0. The lowest BCUT2D eigenvalue weighted by molar-refractivity contribution is 0.00943. The number of thiazole rings is 1. The number of hydrogen-bond donors (Lipinski definition) is 2. The van der Waals surface area contributed by atoms with Crippen LogP contribution in [0.15, 0.2) is 4.21 Å². The number of aromatic nitrogens is 1. The van der Waals surface area contributed by atoms with E-state index in [0.29, 0.717) is 25.1 Å². The molecule has 1 fully saturated rings. The lowest BCUT2D eigenvalue weighted by Gasteiger charge is -2.35. The maximum atomic E-state index is 12.4. The van der Waals surface area contributed by atoms with Crippen molar-refractivity contribution in [1.82, 2.24) is 9.29 Å². The van der Waals surface area contributed by atoms with Crippen molar-refractivity contribution in [3.05, 3.63) is 5.69 Å². The molecule has 8 heteroatoms. The van der Waals surface area contributed by atoms with Crippen LogP contribution in [0.1, 0.15) is 25.5 Å². The van der Waals surface area contributed by atoms with E-state index >= 15 is 0 Å². The average Bonchev–Trinajstić information content (AvgIpc) is 2.57. The minimum atomic E-state index is -3.59. The number of nitrogens with two attached hydrogens (primary N) is 1. The van der Waals surface area contributed by atoms with Crippen LogP contribution in [0.25, 0.3) is 0 Å². The van der Waals surface area contributed by atoms with Crippen molar-refractivity contribution in [2.75, 3.05) is 18.8 Å². The normalized spacial score (nSPS) is 26.4. The molecule has 1 atom stereocenters. The number of anilines is 1. The second kappa shape index (κ2) is 4.44. The zero-order chi connectivity index (χ0) is 13.6. The molecular formula is C10H17N3O3S2. The van der Waals surface area contributed by atoms with Crippen LogP contribution >= 0.6 is 11.3 Å². The molecule has 2 heterocycles. The van der Waals surface area contributed by atoms with Crippen molar-refractivity contribution >= 4 is 26.5 Å². The van der Waals surface area contributed by atoms with Gasteiger partial charge in [-0.25, -0.2) is 13.4 Å². The fraction of sp³-hybridized carbons (Fsp3) is 0.700. The molecule has 0 aromatic carbocycles. The lowest BCUT2D eigenvalue weighted by Crippen LogP contribution is -2.48. The molecule has 2 rings (SSSR count). The third-order valence-corrected chi connectivity index (χ3v) is 6.40. The molecule has 3 N–H and O–H groups in total. The first-order valence-electron chi connectivity index (χ1n) is 5.68. The number of aliphatic hydroxyl groups is 1. The van der Waals surface area contributed by atoms with Crippen LogP contribution in [0.4, 0.5) is 5.13 Å². The summed E-state index contributed by atoms with van der Waals surface area (Å²) >= 11 is 0.970. The number of nitrogen functional groups attached to an aromatic ring is 1. The Hall–Kier alpha value is -0.700. The first-order chi connectivity index (χ1) is 8.22. The Morgan fingerprint density at radius 1 is 1.56 bits per heavy atom. The summed E-state index contributed by atoms with van der Waals surface area (Å²) in [5, 5.41) is 10.2. The second-order valence-corrected chi connectivity index (χ2v) is 8.03. The molecule has 1 aromatic rings. The Labute approximate surface area is 110 Å². The summed E-state index contributed by atoms with van der Waals surface area (Å²) in [7, 11) is -3.59. The zero-order valence-corrected chi connectivity index (χ0v) is 12.0. The summed E-state index contributed by atoms with van der Waals surface area (Å²) in [6.45, 7) is 3.83. The standard InChI is InChI=1S/C10H17N3O3S2/c1-7-8(17-9(11)12-7)18(15,16)13-5-3-4-10(2,14)6-13/h14H,3-6H2,1-2H3,(H2,11,12). The minimum absolute atomic E-state index is 0.118. The van der Waals surface area contributed by atoms with Gasteiger partial charge < -0.3 is 10.8 Å². The van der Waals surface area contributed by atoms with E-state index in [4.69, 9.17) is 5.73 Å². The second-order valence-electron chi connectivity index (χ2n) is 4.86. The molecule has 1 saturated heterocycles. The Morgan fingerprint density at radius 3 is 2.72 bits per heavy atom. The van der Waals surface area contributed by atoms with E-state index in [2.05, 4.69) is 4.98 Å². The molecule has 0 radical (unpaired) electrons. The summed E-state index contributed by atoms with van der Waals surface area (Å²) in [4.78, 5) is 3.94. The van der Waals surface area contributed by atoms with Crippen LogP contribution < -0.4 is 5.73 Å². The van der Waals surface area contributed by atoms with Crippen molar-refractivity contribution in [3.63, 3.8) is 0 Å². The van der Waals surface area contributed by atoms with E-state index in [0.717, 1.165) is 11.3 Å². The third-order valence-electron chi connectivity index (χ3n) is 2.98. The quantitative estimate of drug-likeness (QED) is 0.830. The highest BCUT2D eigenvalue weighted by atomic mass is 32.2. The molecular weight excluding hydrogens is 274 g/mol. The Balaban J connectivity index is 2.34. The van der Waals surface area contributed by atoms with Crippen molar-refractivity contribution in [2.45, 2.75) is 36.5 Å². The van der Waals surface area contributed by atoms with Gasteiger partial charge in [0.1, 0.15) is 0 Å². The Bertz CT molecular complexity index is 551. The van der Waals surface area contributed by atoms with Gasteiger partial charge in [-0.2, -0.15) is 4.31 Å². The summed E-state index contributed by atoms with van der Waals surface area (Å²) in [6.07, 6.45) is 1.27. The minimum Gasteiger partial charge on any atom is -0.389 e. The largest absolute Gasteiger partial charge is 0.389 e. The summed E-state index contributed by atoms with van der Waals surface area (Å²) in [5.41, 5.74) is 4.99. The molecule has 1 aromatic heterocycles. The molecule has 0 bridgehead atoms. The van der Waals surface area contributed by atoms with Crippen molar-refractivity contribution in [2.24, 2.45) is 0 Å². The first-order valence-corrected chi connectivity index (χ1v) is 7.93. The monoisotopic (exact) mass is 291 g/mol. The maximum Gasteiger partial charge on any atom is 0.254 e. The van der Waals surface area contributed by atoms with Gasteiger partial charge in [0.05, 0.1) is 11.3 Å². The van der Waals surface area contributed by atoms with Crippen LogP contribution in [0.3, 0.4) is 0 Å². The number of sulfonamides is 1. The predicted octanol–water partition coefficient (Wildman–Crippen LogP) is 0.569. The first kappa shape index (κ1) is 13.7. The number of β-amino-alcohol motifs (C(OH)–C–C–N with tert-alkyl or cyclic N) is 1. The Morgan fingerprint density at radius 2 is 2.22 bits per heavy atom. The predicted molar refractivity (Wildman–Crippen MR) is 69.9 cm³/mol. The van der Waals surface area contributed by atoms with Gasteiger partial charge in [-0.05, 0) is 26.7 Å². The van der Waals surface area contributed by atoms with Crippen LogP contribution in [0, 0.1) is 6.92 Å². The molecule has 1 aliphatic heterocycles. The van der Waals surface area contributed by atoms with Crippen LogP contribution in [-0.4, -0.2) is 41.5 Å². The number of aryl methyl sites for hydroxylation is 1. The molecule has 0 amide bonds. The van der Waals surface area contributed by atoms with Gasteiger partial charge >= 0.3 is 0 Å². The average molecular weight is 291 g/mol. The molecule has 1 aliphatic rings. The van der Waals surface area contributed by atoms with E-state index in [1.807, 2.05) is 0 Å². The smallest absolute Gasteiger partial charge is 0.254 e. The number of nitrogens with zero attached hydrogens (tertiary/aromatic N) is 2. The van der Waals surface area contributed by atoms with Crippen LogP contribution in [0.2, 0.25) is 0 Å². The number of rotatable bonds is 2. The Kier molecular flexibility index (Phi) is 3.39. The van der Waals surface area contributed by atoms with Gasteiger partial charge in [0.2, 0.25) is 0 Å². The van der Waals surface area contributed by atoms with E-state index in [1.165, 1.54) is 4.31 Å². The SMILES string of the molecule is Cc1nc(N)sc1S(=O)(=O)N1CCCC(C)(O)C1. The van der Waals surface area contributed by atoms with E-state index < -0.39 is 15.6 Å². The lowest BCUT2D eigenvalue weighted by atomic mass is 9.97. The van der Waals surface area contributed by atoms with Crippen LogP contribution in [0.5, 0.6) is 0 Å². The van der Waals surface area contributed by atoms with Gasteiger partial charge in [0.25, 0.3) is 10.0 Å². The van der Waals surface area contributed by atoms with Gasteiger partial charge in [0.15, 0.2) is 9.34 Å². The van der Waals surface area contributed by atoms with E-state index in [-0.39, 0.29) is 15.9 Å². The highest BCUT2D eigenvalue weighted by Gasteiger charge is 2.37. The van der Waals surface area contributed by atoms with E-state index in [1.54, 1.807) is 13.8 Å². The molecule has 0 saturated carbocycles. The molecule has 0 spiro atoms. The third kappa shape index (κ3) is 2.51. The highest BCUT2D eigenvalue weighted by molar-refractivity contribution is 7.91. The molecule has 0 aliphatic carbocycles. The zero-order valence-electron chi connectivity index (χ0n) is 10.4. The molecule has 102 valence electrons. The summed E-state index contributed by atoms with van der Waals surface area (Å²) < 4.78 is 26.4. The molecule has 1 unspecified atom stereocenters. The van der Waals surface area contributed by atoms with Crippen molar-refractivity contribution in [3.8, 4) is 0 Å². The number of piperidine rings is 1. The van der Waals surface area contributed by atoms with Gasteiger partial charge in [0, 0.05) is 13.1 Å². The van der Waals surface area contributed by atoms with Gasteiger partial charge in [-0.1, -0.05) is 11.3 Å². The number of hydrogen-bond acceptors (Lipinski definition) is 6. The van der Waals surface area contributed by atoms with Gasteiger partial charge in [-0.15, -0.1) is 0 Å². The summed E-state index contributed by atoms with van der Waals surface area (Å²) in [6, 6.07) is 0. The molecule has 6 nitrogen and oxygen atoms in total. The maximum absolute atomic E-state index is 12.4. The van der Waals surface area contributed by atoms with E-state index in [9.17, 15) is 13.5 Å². The molecule has 18 heavy (non-hydrogen) atoms. The fourth-order valence-corrected chi connectivity index (χ4v) is 5.17. The topological polar surface area (TPSA) is 96.5 Å². The fourth-order valence-electron chi connectivity index (χ4n) is 2.14. The van der Waals surface area contributed by atoms with Crippen molar-refractivity contribution in [1.29, 1.82) is 0 Å². The highest BCUT2D eigenvalue weighted by Crippen LogP contribution is 2.31.